The molecule has 0 saturated heterocycles. The van der Waals surface area contributed by atoms with Crippen LogP contribution >= 0.6 is 0 Å². The monoisotopic (exact) mass is 584 g/mol. The van der Waals surface area contributed by atoms with Gasteiger partial charge in [-0.05, 0) is 60.5 Å². The van der Waals surface area contributed by atoms with Gasteiger partial charge in [0.2, 0.25) is 0 Å². The summed E-state index contributed by atoms with van der Waals surface area (Å²) >= 11 is 0. The van der Waals surface area contributed by atoms with Crippen LogP contribution in [0.2, 0.25) is 0 Å². The quantitative estimate of drug-likeness (QED) is 0.152. The van der Waals surface area contributed by atoms with Crippen molar-refractivity contribution in [3.8, 4) is 5.75 Å². The molecule has 0 unspecified atom stereocenters. The van der Waals surface area contributed by atoms with Crippen molar-refractivity contribution in [2.24, 2.45) is 0 Å². The van der Waals surface area contributed by atoms with E-state index in [1.807, 2.05) is 25.1 Å². The number of aryl methyl sites for hydroxylation is 1. The van der Waals surface area contributed by atoms with E-state index in [4.69, 9.17) is 8.92 Å². The molecule has 0 radical (unpaired) electrons. The first-order chi connectivity index (χ1) is 20.2. The normalized spacial score (nSPS) is 11.3. The minimum absolute atomic E-state index is 0.0157. The van der Waals surface area contributed by atoms with E-state index in [-0.39, 0.29) is 22.9 Å². The molecule has 0 bridgehead atoms. The Balaban J connectivity index is 1.46. The zero-order valence-electron chi connectivity index (χ0n) is 22.6. The number of esters is 1. The maximum Gasteiger partial charge on any atom is 0.339 e. The molecule has 42 heavy (non-hydrogen) atoms. The first-order valence-electron chi connectivity index (χ1n) is 12.9. The van der Waals surface area contributed by atoms with Crippen molar-refractivity contribution in [1.29, 1.82) is 0 Å². The first kappa shape index (κ1) is 29.8. The Labute approximate surface area is 243 Å². The third-order valence-electron chi connectivity index (χ3n) is 5.87. The van der Waals surface area contributed by atoms with Gasteiger partial charge in [0.15, 0.2) is 0 Å². The number of benzene rings is 4. The van der Waals surface area contributed by atoms with Crippen molar-refractivity contribution in [2.45, 2.75) is 18.4 Å². The molecule has 0 heterocycles. The highest BCUT2D eigenvalue weighted by Crippen LogP contribution is 2.20. The molecule has 2 amide bonds. The van der Waals surface area contributed by atoms with Crippen LogP contribution in [0.3, 0.4) is 0 Å². The molecule has 4 aromatic carbocycles. The SMILES string of the molecule is Cc1ccc(S(=O)(=O)Oc2ccc(/C=C(/NC(=O)c3ccccc3)C(=O)NCC(=O)OCc3ccccc3)cc2)cc1. The highest BCUT2D eigenvalue weighted by Gasteiger charge is 2.18. The van der Waals surface area contributed by atoms with E-state index in [2.05, 4.69) is 10.6 Å². The van der Waals surface area contributed by atoms with Crippen molar-refractivity contribution in [3.05, 3.63) is 137 Å². The van der Waals surface area contributed by atoms with Gasteiger partial charge in [-0.2, -0.15) is 8.42 Å². The fourth-order valence-electron chi connectivity index (χ4n) is 3.65. The Morgan fingerprint density at radius 1 is 0.786 bits per heavy atom. The fourth-order valence-corrected chi connectivity index (χ4v) is 4.58. The largest absolute Gasteiger partial charge is 0.460 e. The van der Waals surface area contributed by atoms with Crippen molar-refractivity contribution in [3.63, 3.8) is 0 Å². The van der Waals surface area contributed by atoms with Crippen molar-refractivity contribution >= 4 is 34.0 Å². The van der Waals surface area contributed by atoms with E-state index in [9.17, 15) is 22.8 Å². The first-order valence-corrected chi connectivity index (χ1v) is 14.3. The third kappa shape index (κ3) is 8.64. The van der Waals surface area contributed by atoms with Crippen LogP contribution < -0.4 is 14.8 Å². The summed E-state index contributed by atoms with van der Waals surface area (Å²) in [5, 5.41) is 5.03. The number of carbonyl (C=O) groups excluding carboxylic acids is 3. The number of carbonyl (C=O) groups is 3. The van der Waals surface area contributed by atoms with Crippen LogP contribution in [0.4, 0.5) is 0 Å². The molecule has 0 aliphatic rings. The lowest BCUT2D eigenvalue weighted by atomic mass is 10.1. The lowest BCUT2D eigenvalue weighted by Crippen LogP contribution is -2.37. The number of hydrogen-bond acceptors (Lipinski definition) is 7. The Bertz CT molecular complexity index is 1670. The molecule has 0 aliphatic carbocycles. The molecule has 10 heteroatoms. The molecular weight excluding hydrogens is 556 g/mol. The van der Waals surface area contributed by atoms with Gasteiger partial charge in [-0.3, -0.25) is 14.4 Å². The van der Waals surface area contributed by atoms with Gasteiger partial charge in [0, 0.05) is 5.56 Å². The molecule has 214 valence electrons. The average molecular weight is 585 g/mol. The Morgan fingerprint density at radius 3 is 2.05 bits per heavy atom. The van der Waals surface area contributed by atoms with Gasteiger partial charge in [0.25, 0.3) is 11.8 Å². The minimum Gasteiger partial charge on any atom is -0.460 e. The van der Waals surface area contributed by atoms with Gasteiger partial charge in [0.1, 0.15) is 29.5 Å². The summed E-state index contributed by atoms with van der Waals surface area (Å²) < 4.78 is 35.6. The van der Waals surface area contributed by atoms with E-state index in [0.717, 1.165) is 11.1 Å². The Kier molecular flexibility index (Phi) is 9.85. The van der Waals surface area contributed by atoms with Crippen molar-refractivity contribution in [1.82, 2.24) is 10.6 Å². The summed E-state index contributed by atoms with van der Waals surface area (Å²) in [5.74, 6) is -1.85. The molecule has 2 N–H and O–H groups in total. The van der Waals surface area contributed by atoms with Crippen LogP contribution in [-0.2, 0) is 31.1 Å². The zero-order chi connectivity index (χ0) is 30.0. The van der Waals surface area contributed by atoms with Gasteiger partial charge in [0.05, 0.1) is 0 Å². The number of ether oxygens (including phenoxy) is 1. The number of amides is 2. The lowest BCUT2D eigenvalue weighted by Gasteiger charge is -2.12. The molecule has 0 aromatic heterocycles. The molecule has 0 saturated carbocycles. The highest BCUT2D eigenvalue weighted by molar-refractivity contribution is 7.87. The van der Waals surface area contributed by atoms with Crippen LogP contribution in [0.1, 0.15) is 27.0 Å². The molecule has 0 fully saturated rings. The van der Waals surface area contributed by atoms with Crippen molar-refractivity contribution < 1.29 is 31.7 Å². The molecule has 9 nitrogen and oxygen atoms in total. The summed E-state index contributed by atoms with van der Waals surface area (Å²) in [6.07, 6.45) is 1.39. The van der Waals surface area contributed by atoms with E-state index in [0.29, 0.717) is 11.1 Å². The van der Waals surface area contributed by atoms with E-state index in [1.165, 1.54) is 42.5 Å². The molecule has 4 rings (SSSR count). The van der Waals surface area contributed by atoms with Gasteiger partial charge in [-0.15, -0.1) is 0 Å². The Hall–Kier alpha value is -5.22. The van der Waals surface area contributed by atoms with Gasteiger partial charge in [-0.25, -0.2) is 0 Å². The molecule has 0 aliphatic heterocycles. The summed E-state index contributed by atoms with van der Waals surface area (Å²) in [6.45, 7) is 1.48. The maximum absolute atomic E-state index is 13.0. The standard InChI is InChI=1S/C32H28N2O7S/c1-23-12-18-28(19-13-23)42(38,39)41-27-16-14-24(15-17-27)20-29(34-31(36)26-10-6-3-7-11-26)32(37)33-21-30(35)40-22-25-8-4-2-5-9-25/h2-20H,21-22H2,1H3,(H,33,37)(H,34,36)/b29-20+. The van der Waals surface area contributed by atoms with Crippen LogP contribution in [0.5, 0.6) is 5.75 Å². The second kappa shape index (κ2) is 13.9. The topological polar surface area (TPSA) is 128 Å². The number of nitrogens with one attached hydrogen (secondary N) is 2. The molecule has 4 aromatic rings. The Morgan fingerprint density at radius 2 is 1.40 bits per heavy atom. The summed E-state index contributed by atoms with van der Waals surface area (Å²) in [6, 6.07) is 29.5. The van der Waals surface area contributed by atoms with Crippen molar-refractivity contribution in [2.75, 3.05) is 6.54 Å². The van der Waals surface area contributed by atoms with Crippen LogP contribution in [0.25, 0.3) is 6.08 Å². The van der Waals surface area contributed by atoms with Crippen LogP contribution in [0.15, 0.2) is 120 Å². The van der Waals surface area contributed by atoms with Gasteiger partial charge in [-0.1, -0.05) is 78.4 Å². The third-order valence-corrected chi connectivity index (χ3v) is 7.13. The van der Waals surface area contributed by atoms with Crippen LogP contribution in [0, 0.1) is 6.92 Å². The number of hydrogen-bond donors (Lipinski definition) is 2. The van der Waals surface area contributed by atoms with Crippen LogP contribution in [-0.4, -0.2) is 32.7 Å². The fraction of sp³-hybridized carbons (Fsp3) is 0.0938. The lowest BCUT2D eigenvalue weighted by molar-refractivity contribution is -0.144. The van der Waals surface area contributed by atoms with E-state index >= 15 is 0 Å². The maximum atomic E-state index is 13.0. The summed E-state index contributed by atoms with van der Waals surface area (Å²) in [7, 11) is -4.04. The predicted molar refractivity (Wildman–Crippen MR) is 157 cm³/mol. The second-order valence-corrected chi connectivity index (χ2v) is 10.7. The van der Waals surface area contributed by atoms with Gasteiger partial charge >= 0.3 is 16.1 Å². The molecule has 0 atom stereocenters. The van der Waals surface area contributed by atoms with E-state index in [1.54, 1.807) is 54.6 Å². The summed E-state index contributed by atoms with van der Waals surface area (Å²) in [4.78, 5) is 38.1. The molecule has 0 spiro atoms. The molecular formula is C32H28N2O7S. The summed E-state index contributed by atoms with van der Waals surface area (Å²) in [5.41, 5.74) is 2.35. The zero-order valence-corrected chi connectivity index (χ0v) is 23.5. The highest BCUT2D eigenvalue weighted by atomic mass is 32.2. The second-order valence-electron chi connectivity index (χ2n) is 9.13. The van der Waals surface area contributed by atoms with E-state index < -0.39 is 34.4 Å². The smallest absolute Gasteiger partial charge is 0.339 e. The average Bonchev–Trinajstić information content (AvgIpc) is 3.00. The predicted octanol–water partition coefficient (Wildman–Crippen LogP) is 4.39. The number of rotatable bonds is 11. The van der Waals surface area contributed by atoms with Gasteiger partial charge < -0.3 is 19.6 Å². The minimum atomic E-state index is -4.04.